The van der Waals surface area contributed by atoms with Gasteiger partial charge in [-0.1, -0.05) is 141 Å². The van der Waals surface area contributed by atoms with Crippen molar-refractivity contribution in [1.29, 1.82) is 0 Å². The van der Waals surface area contributed by atoms with E-state index in [0.717, 1.165) is 6.42 Å². The van der Waals surface area contributed by atoms with Gasteiger partial charge in [0.1, 0.15) is 0 Å². The summed E-state index contributed by atoms with van der Waals surface area (Å²) >= 11 is 1.36. The summed E-state index contributed by atoms with van der Waals surface area (Å²) in [5.41, 5.74) is 12.7. The Hall–Kier alpha value is -2.80. The third-order valence-corrected chi connectivity index (χ3v) is 9.14. The van der Waals surface area contributed by atoms with Gasteiger partial charge in [0.15, 0.2) is 0 Å². The summed E-state index contributed by atoms with van der Waals surface area (Å²) in [5, 5.41) is 5.51. The molecule has 48 heavy (non-hydrogen) atoms. The van der Waals surface area contributed by atoms with Gasteiger partial charge in [0.05, 0.1) is 0 Å². The Kier molecular flexibility index (Phi) is 14.8. The molecule has 0 nitrogen and oxygen atoms in total. The molecule has 0 spiro atoms. The normalized spacial score (nSPS) is 11.2. The summed E-state index contributed by atoms with van der Waals surface area (Å²) in [5.74, 6) is 0.573. The molecular formula is C46H56SiZr-4. The first-order chi connectivity index (χ1) is 21.8. The van der Waals surface area contributed by atoms with E-state index in [-0.39, 0.29) is 25.7 Å². The van der Waals surface area contributed by atoms with E-state index in [1.807, 2.05) is 0 Å². The molecule has 0 atom stereocenters. The van der Waals surface area contributed by atoms with Gasteiger partial charge in [0, 0.05) is 0 Å². The fourth-order valence-corrected chi connectivity index (χ4v) is 6.10. The van der Waals surface area contributed by atoms with Gasteiger partial charge in [-0.05, 0) is 45.4 Å². The van der Waals surface area contributed by atoms with E-state index >= 15 is 0 Å². The van der Waals surface area contributed by atoms with Crippen LogP contribution in [0.1, 0.15) is 96.0 Å². The number of rotatable bonds is 4. The van der Waals surface area contributed by atoms with E-state index in [1.54, 1.807) is 0 Å². The molecule has 6 rings (SSSR count). The summed E-state index contributed by atoms with van der Waals surface area (Å²) in [4.78, 5) is 0. The van der Waals surface area contributed by atoms with Crippen LogP contribution in [0.3, 0.4) is 0 Å². The zero-order chi connectivity index (χ0) is 33.8. The van der Waals surface area contributed by atoms with Crippen LogP contribution < -0.4 is 0 Å². The summed E-state index contributed by atoms with van der Waals surface area (Å²) in [6, 6.07) is 38.6. The van der Waals surface area contributed by atoms with Crippen molar-refractivity contribution in [2.24, 2.45) is 0 Å². The van der Waals surface area contributed by atoms with Crippen molar-refractivity contribution < 1.29 is 23.3 Å². The minimum absolute atomic E-state index is 0. The van der Waals surface area contributed by atoms with Crippen LogP contribution in [-0.4, -0.2) is 6.88 Å². The van der Waals surface area contributed by atoms with Crippen molar-refractivity contribution in [3.63, 3.8) is 0 Å². The Labute approximate surface area is 310 Å². The average Bonchev–Trinajstić information content (AvgIpc) is 3.68. The van der Waals surface area contributed by atoms with Crippen molar-refractivity contribution in [2.45, 2.75) is 92.4 Å². The molecular weight excluding hydrogens is 672 g/mol. The monoisotopic (exact) mass is 726 g/mol. The van der Waals surface area contributed by atoms with Gasteiger partial charge in [0.2, 0.25) is 0 Å². The summed E-state index contributed by atoms with van der Waals surface area (Å²) in [7, 11) is 0. The second kappa shape index (κ2) is 17.2. The number of aryl methyl sites for hydroxylation is 2. The van der Waals surface area contributed by atoms with E-state index in [4.69, 9.17) is 0 Å². The maximum atomic E-state index is 3.06. The van der Waals surface area contributed by atoms with Crippen LogP contribution in [0.5, 0.6) is 0 Å². The van der Waals surface area contributed by atoms with E-state index in [2.05, 4.69) is 179 Å². The first kappa shape index (κ1) is 41.4. The van der Waals surface area contributed by atoms with Crippen LogP contribution in [0.25, 0.3) is 43.8 Å². The van der Waals surface area contributed by atoms with Crippen LogP contribution in [0.4, 0.5) is 0 Å². The van der Waals surface area contributed by atoms with Crippen molar-refractivity contribution in [3.05, 3.63) is 146 Å². The second-order valence-electron chi connectivity index (χ2n) is 14.9. The molecule has 0 saturated carbocycles. The fraction of sp³-hybridized carbons (Fsp3) is 0.304. The molecule has 0 unspecified atom stereocenters. The molecule has 6 aromatic rings. The maximum absolute atomic E-state index is 3.06. The Morgan fingerprint density at radius 3 is 1.60 bits per heavy atom. The van der Waals surface area contributed by atoms with E-state index in [0.29, 0.717) is 5.92 Å². The standard InChI is InChI=1S/2C22H25.2CH3.Si.Zr/c1-15(2)18-13-17-7-6-8-20(21(17)14-18)16-9-11-19(12-10-16)22(3,4)5;1-6-16-13-20-15(2)7-12-19(21(20)14-16)17-8-10-18(11-9-17)22(3,4)5;;;;/h6-15H,1-5H3;7-14H,6H2,1-5H3;2*1H3;;/q4*-1;;. The van der Waals surface area contributed by atoms with E-state index in [1.165, 1.54) is 95.0 Å². The summed E-state index contributed by atoms with van der Waals surface area (Å²) in [6.07, 6.45) is 1.09. The Bertz CT molecular complexity index is 1880. The molecule has 2 radical (unpaired) electrons. The van der Waals surface area contributed by atoms with Crippen LogP contribution in [-0.2, 0) is 40.6 Å². The van der Waals surface area contributed by atoms with Crippen LogP contribution in [0.15, 0.2) is 103 Å². The topological polar surface area (TPSA) is 0 Å². The molecule has 2 heteroatoms. The summed E-state index contributed by atoms with van der Waals surface area (Å²) < 4.78 is 0. The molecule has 0 aliphatic carbocycles. The number of hydrogen-bond donors (Lipinski definition) is 0. The SMILES string of the molecule is CC(C)c1cc2c(-c3ccc(C(C)(C)C)cc3)cccc2[cH-]1.CCc1cc2c(-c3ccc(C(C)(C)C)cc3)ccc(C)c2[cH-]1.[CH3-].[CH3-].[Si]=[Zr]. The third-order valence-electron chi connectivity index (χ3n) is 9.14. The Morgan fingerprint density at radius 1 is 0.646 bits per heavy atom. The third kappa shape index (κ3) is 9.46. The summed E-state index contributed by atoms with van der Waals surface area (Å²) in [6.45, 7) is 25.6. The minimum atomic E-state index is 0. The second-order valence-corrected chi connectivity index (χ2v) is 14.9. The molecule has 0 bridgehead atoms. The van der Waals surface area contributed by atoms with Crippen molar-refractivity contribution in [2.75, 3.05) is 0 Å². The first-order valence-corrected chi connectivity index (χ1v) is 20.8. The predicted molar refractivity (Wildman–Crippen MR) is 214 cm³/mol. The molecule has 0 aliphatic heterocycles. The van der Waals surface area contributed by atoms with Gasteiger partial charge < -0.3 is 14.9 Å². The van der Waals surface area contributed by atoms with Crippen molar-refractivity contribution in [1.82, 2.24) is 0 Å². The fourth-order valence-electron chi connectivity index (χ4n) is 6.10. The van der Waals surface area contributed by atoms with Gasteiger partial charge in [-0.3, -0.25) is 0 Å². The van der Waals surface area contributed by atoms with Crippen molar-refractivity contribution in [3.8, 4) is 22.3 Å². The van der Waals surface area contributed by atoms with Crippen LogP contribution in [0, 0.1) is 21.8 Å². The number of fused-ring (bicyclic) bond motifs is 2. The molecule has 0 amide bonds. The zero-order valence-electron chi connectivity index (χ0n) is 31.6. The van der Waals surface area contributed by atoms with Gasteiger partial charge in [0.25, 0.3) is 0 Å². The molecule has 0 aliphatic rings. The molecule has 0 fully saturated rings. The van der Waals surface area contributed by atoms with E-state index in [9.17, 15) is 0 Å². The quantitative estimate of drug-likeness (QED) is 0.125. The number of benzene rings is 4. The van der Waals surface area contributed by atoms with Gasteiger partial charge in [-0.15, -0.1) is 68.6 Å². The molecule has 0 heterocycles. The molecule has 6 aromatic carbocycles. The van der Waals surface area contributed by atoms with Crippen LogP contribution >= 0.6 is 0 Å². The molecule has 252 valence electrons. The molecule has 0 aromatic heterocycles. The average molecular weight is 728 g/mol. The van der Waals surface area contributed by atoms with Gasteiger partial charge in [-0.25, -0.2) is 0 Å². The Morgan fingerprint density at radius 2 is 1.15 bits per heavy atom. The predicted octanol–water partition coefficient (Wildman–Crippen LogP) is 13.6. The molecule has 0 saturated heterocycles. The zero-order valence-corrected chi connectivity index (χ0v) is 35.1. The Balaban J connectivity index is 0.000000305. The van der Waals surface area contributed by atoms with Gasteiger partial charge in [-0.2, -0.15) is 12.1 Å². The van der Waals surface area contributed by atoms with E-state index < -0.39 is 0 Å². The van der Waals surface area contributed by atoms with Crippen molar-refractivity contribution >= 4 is 28.4 Å². The van der Waals surface area contributed by atoms with Gasteiger partial charge >= 0.3 is 30.2 Å². The first-order valence-electron chi connectivity index (χ1n) is 16.6. The number of hydrogen-bond acceptors (Lipinski definition) is 0. The molecule has 0 N–H and O–H groups in total. The van der Waals surface area contributed by atoms with Crippen LogP contribution in [0.2, 0.25) is 0 Å².